The molecule has 0 aromatic heterocycles. The summed E-state index contributed by atoms with van der Waals surface area (Å²) >= 11 is 0. The lowest BCUT2D eigenvalue weighted by atomic mass is 9.75. The number of rotatable bonds is 3. The molecule has 0 bridgehead atoms. The fourth-order valence-electron chi connectivity index (χ4n) is 3.76. The normalized spacial score (nSPS) is 29.5. The van der Waals surface area contributed by atoms with Crippen LogP contribution >= 0.6 is 0 Å². The Bertz CT molecular complexity index is 525. The van der Waals surface area contributed by atoms with Crippen LogP contribution < -0.4 is 15.8 Å². The molecule has 3 N–H and O–H groups in total. The van der Waals surface area contributed by atoms with Gasteiger partial charge < -0.3 is 10.5 Å². The summed E-state index contributed by atoms with van der Waals surface area (Å²) in [5.74, 6) is 0.501. The Balaban J connectivity index is 2.00. The van der Waals surface area contributed by atoms with Gasteiger partial charge in [0.15, 0.2) is 0 Å². The third-order valence-electron chi connectivity index (χ3n) is 4.97. The van der Waals surface area contributed by atoms with Crippen molar-refractivity contribution in [2.24, 2.45) is 11.7 Å². The van der Waals surface area contributed by atoms with Gasteiger partial charge in [-0.25, -0.2) is 0 Å². The molecule has 2 unspecified atom stereocenters. The number of hydrogen-bond donors (Lipinski definition) is 2. The number of amides is 1. The number of nitrogens with one attached hydrogen (secondary N) is 1. The molecular weight excluding hydrogens is 264 g/mol. The van der Waals surface area contributed by atoms with E-state index in [2.05, 4.69) is 5.32 Å². The standard InChI is InChI=1S/C17H24N2O2/c1-12-11-21-15-10-6-5-9-14(15)17(12,16(18)20)19-13-7-3-2-4-8-13/h5-6,9-10,12-13,19H,2-4,7-8,11H2,1H3,(H2,18,20). The van der Waals surface area contributed by atoms with Crippen LogP contribution in [0.4, 0.5) is 0 Å². The van der Waals surface area contributed by atoms with Crippen LogP contribution in [0.3, 0.4) is 0 Å². The Labute approximate surface area is 126 Å². The summed E-state index contributed by atoms with van der Waals surface area (Å²) in [6.07, 6.45) is 5.96. The number of para-hydroxylation sites is 1. The number of fused-ring (bicyclic) bond motifs is 1. The van der Waals surface area contributed by atoms with E-state index in [1.54, 1.807) is 0 Å². The number of benzene rings is 1. The van der Waals surface area contributed by atoms with Gasteiger partial charge in [0.2, 0.25) is 5.91 Å². The maximum absolute atomic E-state index is 12.4. The van der Waals surface area contributed by atoms with Gasteiger partial charge in [-0.1, -0.05) is 44.4 Å². The van der Waals surface area contributed by atoms with E-state index in [-0.39, 0.29) is 11.8 Å². The van der Waals surface area contributed by atoms with Gasteiger partial charge in [-0.2, -0.15) is 0 Å². The third-order valence-corrected chi connectivity index (χ3v) is 4.97. The summed E-state index contributed by atoms with van der Waals surface area (Å²) in [7, 11) is 0. The molecular formula is C17H24N2O2. The summed E-state index contributed by atoms with van der Waals surface area (Å²) in [6.45, 7) is 2.55. The lowest BCUT2D eigenvalue weighted by molar-refractivity contribution is -0.129. The molecule has 1 aliphatic carbocycles. The third kappa shape index (κ3) is 2.42. The predicted molar refractivity (Wildman–Crippen MR) is 82.0 cm³/mol. The fourth-order valence-corrected chi connectivity index (χ4v) is 3.76. The van der Waals surface area contributed by atoms with Gasteiger partial charge in [0.1, 0.15) is 11.3 Å². The van der Waals surface area contributed by atoms with Crippen LogP contribution in [0, 0.1) is 5.92 Å². The first-order chi connectivity index (χ1) is 10.1. The second kappa shape index (κ2) is 5.68. The largest absolute Gasteiger partial charge is 0.493 e. The van der Waals surface area contributed by atoms with E-state index in [1.807, 2.05) is 31.2 Å². The molecule has 114 valence electrons. The zero-order valence-corrected chi connectivity index (χ0v) is 12.6. The molecule has 2 atom stereocenters. The molecule has 1 fully saturated rings. The van der Waals surface area contributed by atoms with Crippen molar-refractivity contribution >= 4 is 5.91 Å². The number of ether oxygens (including phenoxy) is 1. The molecule has 4 heteroatoms. The monoisotopic (exact) mass is 288 g/mol. The van der Waals surface area contributed by atoms with E-state index in [0.29, 0.717) is 12.6 Å². The molecule has 1 amide bonds. The van der Waals surface area contributed by atoms with Crippen molar-refractivity contribution < 1.29 is 9.53 Å². The SMILES string of the molecule is CC1COc2ccccc2C1(NC1CCCCC1)C(N)=O. The van der Waals surface area contributed by atoms with E-state index in [9.17, 15) is 4.79 Å². The van der Waals surface area contributed by atoms with E-state index in [4.69, 9.17) is 10.5 Å². The van der Waals surface area contributed by atoms with Crippen LogP contribution in [-0.4, -0.2) is 18.6 Å². The summed E-state index contributed by atoms with van der Waals surface area (Å²) in [6, 6.07) is 8.12. The van der Waals surface area contributed by atoms with Gasteiger partial charge in [0.05, 0.1) is 6.61 Å². The van der Waals surface area contributed by atoms with E-state index < -0.39 is 5.54 Å². The maximum atomic E-state index is 12.4. The van der Waals surface area contributed by atoms with Crippen LogP contribution in [0.5, 0.6) is 5.75 Å². The van der Waals surface area contributed by atoms with Crippen LogP contribution in [0.1, 0.15) is 44.6 Å². The molecule has 1 aromatic carbocycles. The average Bonchev–Trinajstić information content (AvgIpc) is 2.51. The second-order valence-corrected chi connectivity index (χ2v) is 6.36. The van der Waals surface area contributed by atoms with Crippen molar-refractivity contribution in [1.29, 1.82) is 0 Å². The minimum atomic E-state index is -0.809. The Morgan fingerprint density at radius 1 is 1.29 bits per heavy atom. The molecule has 3 rings (SSSR count). The molecule has 0 saturated heterocycles. The van der Waals surface area contributed by atoms with E-state index in [0.717, 1.165) is 24.2 Å². The summed E-state index contributed by atoms with van der Waals surface area (Å²) < 4.78 is 5.78. The number of carbonyl (C=O) groups is 1. The Kier molecular flexibility index (Phi) is 3.89. The first kappa shape index (κ1) is 14.4. The van der Waals surface area contributed by atoms with Crippen LogP contribution in [-0.2, 0) is 10.3 Å². The lowest BCUT2D eigenvalue weighted by Gasteiger charge is -2.44. The number of carbonyl (C=O) groups excluding carboxylic acids is 1. The van der Waals surface area contributed by atoms with Crippen LogP contribution in [0.15, 0.2) is 24.3 Å². The van der Waals surface area contributed by atoms with Crippen LogP contribution in [0.2, 0.25) is 0 Å². The quantitative estimate of drug-likeness (QED) is 0.897. The molecule has 1 aromatic rings. The molecule has 4 nitrogen and oxygen atoms in total. The van der Waals surface area contributed by atoms with Crippen molar-refractivity contribution in [1.82, 2.24) is 5.32 Å². The zero-order chi connectivity index (χ0) is 14.9. The topological polar surface area (TPSA) is 64.3 Å². The molecule has 1 heterocycles. The molecule has 2 aliphatic rings. The highest BCUT2D eigenvalue weighted by Crippen LogP contribution is 2.41. The minimum Gasteiger partial charge on any atom is -0.493 e. The average molecular weight is 288 g/mol. The smallest absolute Gasteiger partial charge is 0.242 e. The lowest BCUT2D eigenvalue weighted by Crippen LogP contribution is -2.62. The number of nitrogens with two attached hydrogens (primary N) is 1. The minimum absolute atomic E-state index is 0.0202. The van der Waals surface area contributed by atoms with Gasteiger partial charge >= 0.3 is 0 Å². The molecule has 0 spiro atoms. The van der Waals surface area contributed by atoms with Crippen molar-refractivity contribution in [3.8, 4) is 5.75 Å². The van der Waals surface area contributed by atoms with Gasteiger partial charge in [0.25, 0.3) is 0 Å². The van der Waals surface area contributed by atoms with E-state index >= 15 is 0 Å². The van der Waals surface area contributed by atoms with Crippen molar-refractivity contribution in [2.45, 2.75) is 50.6 Å². The highest BCUT2D eigenvalue weighted by atomic mass is 16.5. The maximum Gasteiger partial charge on any atom is 0.242 e. The van der Waals surface area contributed by atoms with Gasteiger partial charge in [-0.15, -0.1) is 0 Å². The van der Waals surface area contributed by atoms with Crippen molar-refractivity contribution in [3.63, 3.8) is 0 Å². The van der Waals surface area contributed by atoms with Crippen LogP contribution in [0.25, 0.3) is 0 Å². The van der Waals surface area contributed by atoms with Gasteiger partial charge in [0, 0.05) is 17.5 Å². The van der Waals surface area contributed by atoms with Gasteiger partial charge in [-0.3, -0.25) is 10.1 Å². The second-order valence-electron chi connectivity index (χ2n) is 6.36. The summed E-state index contributed by atoms with van der Waals surface area (Å²) in [4.78, 5) is 12.4. The van der Waals surface area contributed by atoms with Gasteiger partial charge in [-0.05, 0) is 18.9 Å². The highest BCUT2D eigenvalue weighted by Gasteiger charge is 2.49. The molecule has 21 heavy (non-hydrogen) atoms. The Morgan fingerprint density at radius 3 is 2.71 bits per heavy atom. The summed E-state index contributed by atoms with van der Waals surface area (Å²) in [5, 5.41) is 3.62. The van der Waals surface area contributed by atoms with Crippen molar-refractivity contribution in [2.75, 3.05) is 6.61 Å². The first-order valence-electron chi connectivity index (χ1n) is 7.94. The Morgan fingerprint density at radius 2 is 2.00 bits per heavy atom. The van der Waals surface area contributed by atoms with Crippen molar-refractivity contribution in [3.05, 3.63) is 29.8 Å². The fraction of sp³-hybridized carbons (Fsp3) is 0.588. The zero-order valence-electron chi connectivity index (χ0n) is 12.6. The van der Waals surface area contributed by atoms with E-state index in [1.165, 1.54) is 19.3 Å². The number of primary amides is 1. The molecule has 0 radical (unpaired) electrons. The predicted octanol–water partition coefficient (Wildman–Crippen LogP) is 2.32. The Hall–Kier alpha value is -1.55. The molecule has 1 saturated carbocycles. The summed E-state index contributed by atoms with van der Waals surface area (Å²) in [5.41, 5.74) is 5.95. The number of hydrogen-bond acceptors (Lipinski definition) is 3. The molecule has 1 aliphatic heterocycles. The first-order valence-corrected chi connectivity index (χ1v) is 7.94. The highest BCUT2D eigenvalue weighted by molar-refractivity contribution is 5.88.